The standard InChI is InChI=1S/C13H16O4/c14-9-11-12(15)13(16,6-7-17-11)8-10-4-2-1-3-5-10/h1-7,11-12,14-16H,8-9H2/t11-,12-,13+/m1/s1. The summed E-state index contributed by atoms with van der Waals surface area (Å²) in [5.41, 5.74) is -0.482. The average Bonchev–Trinajstić information content (AvgIpc) is 2.34. The molecule has 0 amide bonds. The number of aliphatic hydroxyl groups is 3. The van der Waals surface area contributed by atoms with Crippen LogP contribution in [0.1, 0.15) is 5.56 Å². The van der Waals surface area contributed by atoms with Crippen molar-refractivity contribution >= 4 is 0 Å². The fraction of sp³-hybridized carbons (Fsp3) is 0.385. The van der Waals surface area contributed by atoms with Gasteiger partial charge in [-0.1, -0.05) is 30.3 Å². The van der Waals surface area contributed by atoms with Crippen LogP contribution in [0.4, 0.5) is 0 Å². The maximum absolute atomic E-state index is 10.4. The van der Waals surface area contributed by atoms with Gasteiger partial charge >= 0.3 is 0 Å². The monoisotopic (exact) mass is 236 g/mol. The lowest BCUT2D eigenvalue weighted by Gasteiger charge is -2.37. The second-order valence-corrected chi connectivity index (χ2v) is 4.26. The van der Waals surface area contributed by atoms with Crippen LogP contribution in [0.2, 0.25) is 0 Å². The van der Waals surface area contributed by atoms with E-state index in [4.69, 9.17) is 9.84 Å². The lowest BCUT2D eigenvalue weighted by atomic mass is 9.85. The van der Waals surface area contributed by atoms with Crippen LogP contribution in [0.3, 0.4) is 0 Å². The molecule has 17 heavy (non-hydrogen) atoms. The van der Waals surface area contributed by atoms with E-state index >= 15 is 0 Å². The summed E-state index contributed by atoms with van der Waals surface area (Å²) in [6.07, 6.45) is 1.12. The van der Waals surface area contributed by atoms with Gasteiger partial charge in [-0.25, -0.2) is 0 Å². The lowest BCUT2D eigenvalue weighted by molar-refractivity contribution is -0.129. The van der Waals surface area contributed by atoms with Gasteiger partial charge in [0.05, 0.1) is 12.9 Å². The van der Waals surface area contributed by atoms with E-state index in [1.54, 1.807) is 0 Å². The third-order valence-electron chi connectivity index (χ3n) is 2.98. The number of ether oxygens (including phenoxy) is 1. The van der Waals surface area contributed by atoms with Crippen LogP contribution in [0.15, 0.2) is 42.7 Å². The van der Waals surface area contributed by atoms with Crippen molar-refractivity contribution < 1.29 is 20.1 Å². The van der Waals surface area contributed by atoms with Crippen molar-refractivity contribution in [2.45, 2.75) is 24.2 Å². The predicted octanol–water partition coefficient (Wildman–Crippen LogP) is 0.226. The van der Waals surface area contributed by atoms with E-state index in [0.717, 1.165) is 5.56 Å². The summed E-state index contributed by atoms with van der Waals surface area (Å²) in [4.78, 5) is 0. The minimum atomic E-state index is -1.40. The first-order valence-electron chi connectivity index (χ1n) is 5.54. The Balaban J connectivity index is 2.18. The molecule has 0 aromatic heterocycles. The summed E-state index contributed by atoms with van der Waals surface area (Å²) in [7, 11) is 0. The first-order chi connectivity index (χ1) is 8.15. The van der Waals surface area contributed by atoms with E-state index < -0.39 is 17.8 Å². The normalized spacial score (nSPS) is 32.2. The molecule has 2 rings (SSSR count). The van der Waals surface area contributed by atoms with Gasteiger partial charge in [0.25, 0.3) is 0 Å². The van der Waals surface area contributed by atoms with E-state index in [0.29, 0.717) is 0 Å². The van der Waals surface area contributed by atoms with Crippen LogP contribution in [0.5, 0.6) is 0 Å². The Hall–Kier alpha value is -1.36. The van der Waals surface area contributed by atoms with Crippen molar-refractivity contribution in [2.75, 3.05) is 6.61 Å². The minimum absolute atomic E-state index is 0.283. The smallest absolute Gasteiger partial charge is 0.150 e. The second kappa shape index (κ2) is 4.87. The van der Waals surface area contributed by atoms with Gasteiger partial charge in [0.15, 0.2) is 0 Å². The molecule has 0 unspecified atom stereocenters. The van der Waals surface area contributed by atoms with Gasteiger partial charge in [-0.3, -0.25) is 0 Å². The zero-order valence-corrected chi connectivity index (χ0v) is 9.36. The molecule has 0 fully saturated rings. The SMILES string of the molecule is OC[C@H]1OC=C[C@](O)(Cc2ccccc2)[C@@H]1O. The summed E-state index contributed by atoms with van der Waals surface area (Å²) in [6, 6.07) is 9.39. The maximum atomic E-state index is 10.4. The Morgan fingerprint density at radius 2 is 1.94 bits per heavy atom. The Bertz CT molecular complexity index is 390. The third kappa shape index (κ3) is 2.49. The molecule has 0 bridgehead atoms. The molecule has 4 heteroatoms. The maximum Gasteiger partial charge on any atom is 0.150 e. The predicted molar refractivity (Wildman–Crippen MR) is 62.2 cm³/mol. The van der Waals surface area contributed by atoms with E-state index in [2.05, 4.69) is 0 Å². The molecular formula is C13H16O4. The summed E-state index contributed by atoms with van der Waals surface area (Å²) < 4.78 is 5.03. The van der Waals surface area contributed by atoms with Gasteiger partial charge in [-0.2, -0.15) is 0 Å². The van der Waals surface area contributed by atoms with Crippen molar-refractivity contribution in [3.8, 4) is 0 Å². The van der Waals surface area contributed by atoms with Gasteiger partial charge in [0, 0.05) is 6.42 Å². The highest BCUT2D eigenvalue weighted by Crippen LogP contribution is 2.26. The van der Waals surface area contributed by atoms with Crippen molar-refractivity contribution in [1.29, 1.82) is 0 Å². The van der Waals surface area contributed by atoms with Crippen LogP contribution in [-0.4, -0.2) is 39.7 Å². The highest BCUT2D eigenvalue weighted by atomic mass is 16.5. The zero-order chi connectivity index (χ0) is 12.3. The van der Waals surface area contributed by atoms with E-state index in [-0.39, 0.29) is 13.0 Å². The second-order valence-electron chi connectivity index (χ2n) is 4.26. The number of aliphatic hydroxyl groups excluding tert-OH is 2. The molecule has 3 N–H and O–H groups in total. The highest BCUT2D eigenvalue weighted by molar-refractivity contribution is 5.22. The van der Waals surface area contributed by atoms with Gasteiger partial charge in [0.2, 0.25) is 0 Å². The number of hydrogen-bond acceptors (Lipinski definition) is 4. The molecule has 0 spiro atoms. The molecule has 3 atom stereocenters. The van der Waals surface area contributed by atoms with Crippen LogP contribution in [-0.2, 0) is 11.2 Å². The molecule has 1 aromatic carbocycles. The van der Waals surface area contributed by atoms with Crippen LogP contribution >= 0.6 is 0 Å². The molecule has 4 nitrogen and oxygen atoms in total. The summed E-state index contributed by atoms with van der Waals surface area (Å²) in [5, 5.41) is 29.4. The van der Waals surface area contributed by atoms with E-state index in [9.17, 15) is 10.2 Å². The lowest BCUT2D eigenvalue weighted by Crippen LogP contribution is -2.53. The first kappa shape index (κ1) is 12.1. The summed E-state index contributed by atoms with van der Waals surface area (Å²) in [6.45, 7) is -0.331. The van der Waals surface area contributed by atoms with Crippen molar-refractivity contribution in [3.63, 3.8) is 0 Å². The van der Waals surface area contributed by atoms with Crippen LogP contribution < -0.4 is 0 Å². The molecule has 1 aliphatic heterocycles. The zero-order valence-electron chi connectivity index (χ0n) is 9.36. The fourth-order valence-electron chi connectivity index (χ4n) is 1.98. The average molecular weight is 236 g/mol. The van der Waals surface area contributed by atoms with Crippen LogP contribution in [0, 0.1) is 0 Å². The summed E-state index contributed by atoms with van der Waals surface area (Å²) in [5.74, 6) is 0. The number of benzene rings is 1. The molecule has 1 heterocycles. The quantitative estimate of drug-likeness (QED) is 0.702. The number of rotatable bonds is 3. The van der Waals surface area contributed by atoms with Gasteiger partial charge in [-0.05, 0) is 11.6 Å². The molecule has 0 saturated carbocycles. The van der Waals surface area contributed by atoms with Gasteiger partial charge in [-0.15, -0.1) is 0 Å². The molecule has 0 saturated heterocycles. The van der Waals surface area contributed by atoms with E-state index in [1.807, 2.05) is 30.3 Å². The summed E-state index contributed by atoms with van der Waals surface area (Å²) >= 11 is 0. The van der Waals surface area contributed by atoms with Crippen molar-refractivity contribution in [1.82, 2.24) is 0 Å². The molecule has 1 aromatic rings. The number of hydrogen-bond donors (Lipinski definition) is 3. The Morgan fingerprint density at radius 3 is 2.59 bits per heavy atom. The fourth-order valence-corrected chi connectivity index (χ4v) is 1.98. The van der Waals surface area contributed by atoms with Gasteiger partial charge in [0.1, 0.15) is 17.8 Å². The molecule has 1 aliphatic rings. The van der Waals surface area contributed by atoms with Crippen molar-refractivity contribution in [3.05, 3.63) is 48.2 Å². The molecule has 0 aliphatic carbocycles. The molecule has 92 valence electrons. The largest absolute Gasteiger partial charge is 0.493 e. The third-order valence-corrected chi connectivity index (χ3v) is 2.98. The molecule has 0 radical (unpaired) electrons. The highest BCUT2D eigenvalue weighted by Gasteiger charge is 2.41. The first-order valence-corrected chi connectivity index (χ1v) is 5.54. The van der Waals surface area contributed by atoms with Crippen LogP contribution in [0.25, 0.3) is 0 Å². The Labute approximate surface area is 99.8 Å². The van der Waals surface area contributed by atoms with Gasteiger partial charge < -0.3 is 20.1 Å². The topological polar surface area (TPSA) is 69.9 Å². The van der Waals surface area contributed by atoms with Crippen molar-refractivity contribution in [2.24, 2.45) is 0 Å². The minimum Gasteiger partial charge on any atom is -0.493 e. The molecular weight excluding hydrogens is 220 g/mol. The van der Waals surface area contributed by atoms with E-state index in [1.165, 1.54) is 12.3 Å². The Kier molecular flexibility index (Phi) is 3.47. The Morgan fingerprint density at radius 1 is 1.24 bits per heavy atom.